The number of nitrogens with zero attached hydrogens (tertiary/aromatic N) is 2. The Morgan fingerprint density at radius 1 is 1.30 bits per heavy atom. The van der Waals surface area contributed by atoms with E-state index in [1.165, 1.54) is 22.2 Å². The Hall–Kier alpha value is -2.05. The number of carbonyl (C=O) groups excluding carboxylic acids is 1. The van der Waals surface area contributed by atoms with Crippen molar-refractivity contribution in [3.63, 3.8) is 0 Å². The maximum atomic E-state index is 12.6. The molecule has 0 aliphatic heterocycles. The molecule has 0 atom stereocenters. The van der Waals surface area contributed by atoms with Gasteiger partial charge in [0.2, 0.25) is 0 Å². The molecule has 2 heterocycles. The zero-order valence-corrected chi connectivity index (χ0v) is 14.6. The molecule has 0 unspecified atom stereocenters. The van der Waals surface area contributed by atoms with Crippen LogP contribution in [0.5, 0.6) is 0 Å². The highest BCUT2D eigenvalue weighted by atomic mass is 32.2. The van der Waals surface area contributed by atoms with Crippen LogP contribution >= 0.6 is 23.1 Å². The molecule has 1 amide bonds. The third-order valence-corrected chi connectivity index (χ3v) is 5.21. The molecule has 3 aromatic rings. The zero-order chi connectivity index (χ0) is 16.2. The molecule has 118 valence electrons. The number of imidazole rings is 1. The number of nitrogens with one attached hydrogen (secondary N) is 1. The van der Waals surface area contributed by atoms with E-state index in [-0.39, 0.29) is 5.91 Å². The highest BCUT2D eigenvalue weighted by molar-refractivity contribution is 7.98. The van der Waals surface area contributed by atoms with Gasteiger partial charge in [-0.2, -0.15) is 0 Å². The first-order chi connectivity index (χ1) is 11.2. The van der Waals surface area contributed by atoms with Crippen LogP contribution in [0.2, 0.25) is 0 Å². The molecule has 0 aliphatic rings. The van der Waals surface area contributed by atoms with Crippen LogP contribution in [0.4, 0.5) is 0 Å². The lowest BCUT2D eigenvalue weighted by Gasteiger charge is -2.11. The minimum Gasteiger partial charge on any atom is -0.346 e. The van der Waals surface area contributed by atoms with E-state index in [9.17, 15) is 4.79 Å². The van der Waals surface area contributed by atoms with Gasteiger partial charge in [0, 0.05) is 10.6 Å². The van der Waals surface area contributed by atoms with Crippen LogP contribution in [0.15, 0.2) is 53.1 Å². The summed E-state index contributed by atoms with van der Waals surface area (Å²) in [5.41, 5.74) is 2.69. The van der Waals surface area contributed by atoms with Crippen molar-refractivity contribution < 1.29 is 4.79 Å². The molecule has 1 aromatic carbocycles. The molecule has 0 aliphatic carbocycles. The van der Waals surface area contributed by atoms with E-state index in [1.807, 2.05) is 46.5 Å². The lowest BCUT2D eigenvalue weighted by atomic mass is 10.3. The van der Waals surface area contributed by atoms with Crippen molar-refractivity contribution in [2.45, 2.75) is 18.6 Å². The van der Waals surface area contributed by atoms with Crippen molar-refractivity contribution in [1.29, 1.82) is 0 Å². The second-order valence-electron chi connectivity index (χ2n) is 5.01. The van der Waals surface area contributed by atoms with Crippen molar-refractivity contribution in [3.8, 4) is 5.69 Å². The molecule has 0 saturated carbocycles. The molecule has 3 rings (SSSR count). The number of thioether (sulfide) groups is 1. The average Bonchev–Trinajstić information content (AvgIpc) is 3.19. The normalized spacial score (nSPS) is 10.7. The Balaban J connectivity index is 1.86. The summed E-state index contributed by atoms with van der Waals surface area (Å²) in [7, 11) is 0. The molecule has 0 fully saturated rings. The van der Waals surface area contributed by atoms with Gasteiger partial charge in [0.15, 0.2) is 5.16 Å². The number of carbonyl (C=O) groups is 1. The molecule has 0 radical (unpaired) electrons. The molecule has 0 bridgehead atoms. The smallest absolute Gasteiger partial charge is 0.270 e. The van der Waals surface area contributed by atoms with Gasteiger partial charge in [-0.15, -0.1) is 11.3 Å². The van der Waals surface area contributed by atoms with E-state index in [1.54, 1.807) is 17.5 Å². The minimum atomic E-state index is -0.116. The van der Waals surface area contributed by atoms with Crippen molar-refractivity contribution >= 4 is 29.0 Å². The fourth-order valence-corrected chi connectivity index (χ4v) is 3.69. The third-order valence-electron chi connectivity index (χ3n) is 3.54. The maximum absolute atomic E-state index is 12.6. The molecule has 0 spiro atoms. The second kappa shape index (κ2) is 7.02. The molecular formula is C17H17N3OS2. The Bertz CT molecular complexity index is 808. The van der Waals surface area contributed by atoms with Crippen LogP contribution in [-0.2, 0) is 6.54 Å². The summed E-state index contributed by atoms with van der Waals surface area (Å²) in [6, 6.07) is 11.9. The second-order valence-corrected chi connectivity index (χ2v) is 6.78. The predicted molar refractivity (Wildman–Crippen MR) is 95.6 cm³/mol. The molecule has 6 heteroatoms. The quantitative estimate of drug-likeness (QED) is 0.715. The van der Waals surface area contributed by atoms with Crippen molar-refractivity contribution in [2.24, 2.45) is 0 Å². The molecular weight excluding hydrogens is 326 g/mol. The monoisotopic (exact) mass is 343 g/mol. The van der Waals surface area contributed by atoms with Gasteiger partial charge < -0.3 is 5.32 Å². The standard InChI is InChI=1S/C17H17N3OS2/c1-12-8-9-23-15(12)11-18-16(21)14-10-19-17(22-2)20(14)13-6-4-3-5-7-13/h3-10H,11H2,1-2H3,(H,18,21). The predicted octanol–water partition coefficient (Wildman–Crippen LogP) is 3.89. The van der Waals surface area contributed by atoms with Gasteiger partial charge in [-0.25, -0.2) is 4.98 Å². The van der Waals surface area contributed by atoms with Crippen LogP contribution in [-0.4, -0.2) is 21.7 Å². The van der Waals surface area contributed by atoms with Crippen LogP contribution in [0.3, 0.4) is 0 Å². The van der Waals surface area contributed by atoms with Crippen molar-refractivity contribution in [3.05, 3.63) is 64.1 Å². The van der Waals surface area contributed by atoms with Gasteiger partial charge in [0.05, 0.1) is 12.7 Å². The topological polar surface area (TPSA) is 46.9 Å². The van der Waals surface area contributed by atoms with Crippen LogP contribution in [0.25, 0.3) is 5.69 Å². The lowest BCUT2D eigenvalue weighted by Crippen LogP contribution is -2.25. The third kappa shape index (κ3) is 3.33. The minimum absolute atomic E-state index is 0.116. The van der Waals surface area contributed by atoms with Crippen molar-refractivity contribution in [1.82, 2.24) is 14.9 Å². The fraction of sp³-hybridized carbons (Fsp3) is 0.176. The Kier molecular flexibility index (Phi) is 4.83. The molecule has 4 nitrogen and oxygen atoms in total. The summed E-state index contributed by atoms with van der Waals surface area (Å²) in [6.45, 7) is 2.59. The van der Waals surface area contributed by atoms with E-state index in [0.29, 0.717) is 12.2 Å². The van der Waals surface area contributed by atoms with E-state index >= 15 is 0 Å². The van der Waals surface area contributed by atoms with E-state index in [2.05, 4.69) is 23.3 Å². The average molecular weight is 343 g/mol. The van der Waals surface area contributed by atoms with Crippen molar-refractivity contribution in [2.75, 3.05) is 6.26 Å². The number of thiophene rings is 1. The van der Waals surface area contributed by atoms with Gasteiger partial charge in [0.1, 0.15) is 5.69 Å². The summed E-state index contributed by atoms with van der Waals surface area (Å²) in [4.78, 5) is 18.1. The molecule has 2 aromatic heterocycles. The molecule has 0 saturated heterocycles. The van der Waals surface area contributed by atoms with Crippen LogP contribution in [0.1, 0.15) is 20.9 Å². The number of rotatable bonds is 5. The van der Waals surface area contributed by atoms with Gasteiger partial charge >= 0.3 is 0 Å². The first-order valence-electron chi connectivity index (χ1n) is 7.19. The Morgan fingerprint density at radius 3 is 2.74 bits per heavy atom. The SMILES string of the molecule is CSc1ncc(C(=O)NCc2sccc2C)n1-c1ccccc1. The van der Waals surface area contributed by atoms with Crippen LogP contribution < -0.4 is 5.32 Å². The maximum Gasteiger partial charge on any atom is 0.270 e. The number of hydrogen-bond acceptors (Lipinski definition) is 4. The number of para-hydroxylation sites is 1. The van der Waals surface area contributed by atoms with Gasteiger partial charge in [-0.1, -0.05) is 30.0 Å². The van der Waals surface area contributed by atoms with Crippen LogP contribution in [0, 0.1) is 6.92 Å². The first-order valence-corrected chi connectivity index (χ1v) is 9.29. The number of hydrogen-bond donors (Lipinski definition) is 1. The zero-order valence-electron chi connectivity index (χ0n) is 12.9. The largest absolute Gasteiger partial charge is 0.346 e. The Morgan fingerprint density at radius 2 is 2.09 bits per heavy atom. The Labute approximate surface area is 143 Å². The summed E-state index contributed by atoms with van der Waals surface area (Å²) in [5, 5.41) is 5.83. The van der Waals surface area contributed by atoms with E-state index in [0.717, 1.165) is 10.8 Å². The highest BCUT2D eigenvalue weighted by Crippen LogP contribution is 2.22. The van der Waals surface area contributed by atoms with Gasteiger partial charge in [-0.3, -0.25) is 9.36 Å². The van der Waals surface area contributed by atoms with E-state index < -0.39 is 0 Å². The summed E-state index contributed by atoms with van der Waals surface area (Å²) in [6.07, 6.45) is 3.59. The first kappa shape index (κ1) is 15.8. The molecule has 1 N–H and O–H groups in total. The van der Waals surface area contributed by atoms with Gasteiger partial charge in [-0.05, 0) is 42.3 Å². The summed E-state index contributed by atoms with van der Waals surface area (Å²) >= 11 is 3.18. The van der Waals surface area contributed by atoms with E-state index in [4.69, 9.17) is 0 Å². The number of aromatic nitrogens is 2. The lowest BCUT2D eigenvalue weighted by molar-refractivity contribution is 0.0944. The summed E-state index contributed by atoms with van der Waals surface area (Å²) in [5.74, 6) is -0.116. The number of aryl methyl sites for hydroxylation is 1. The highest BCUT2D eigenvalue weighted by Gasteiger charge is 2.17. The number of amides is 1. The fourth-order valence-electron chi connectivity index (χ4n) is 2.30. The number of benzene rings is 1. The van der Waals surface area contributed by atoms with Gasteiger partial charge in [0.25, 0.3) is 5.91 Å². The summed E-state index contributed by atoms with van der Waals surface area (Å²) < 4.78 is 1.89. The molecule has 23 heavy (non-hydrogen) atoms.